The van der Waals surface area contributed by atoms with E-state index in [0.717, 1.165) is 11.4 Å². The van der Waals surface area contributed by atoms with Crippen molar-refractivity contribution in [2.75, 3.05) is 0 Å². The van der Waals surface area contributed by atoms with Gasteiger partial charge in [-0.05, 0) is 36.5 Å². The molecule has 3 rings (SSSR count). The number of nitrogens with zero attached hydrogens (tertiary/aromatic N) is 1. The van der Waals surface area contributed by atoms with Crippen LogP contribution in [-0.2, 0) is 0 Å². The summed E-state index contributed by atoms with van der Waals surface area (Å²) in [6, 6.07) is 10.6. The third-order valence-electron chi connectivity index (χ3n) is 3.23. The monoisotopic (exact) mass is 183 g/mol. The average molecular weight is 183 g/mol. The van der Waals surface area contributed by atoms with Crippen molar-refractivity contribution in [3.63, 3.8) is 0 Å². The topological polar surface area (TPSA) is 12.9 Å². The first-order valence-electron chi connectivity index (χ1n) is 5.29. The molecule has 1 aromatic heterocycles. The lowest BCUT2D eigenvalue weighted by atomic mass is 9.79. The van der Waals surface area contributed by atoms with E-state index in [-0.39, 0.29) is 0 Å². The van der Waals surface area contributed by atoms with Crippen LogP contribution in [0.25, 0.3) is 10.9 Å². The summed E-state index contributed by atoms with van der Waals surface area (Å²) < 4.78 is 0. The van der Waals surface area contributed by atoms with E-state index in [1.54, 1.807) is 0 Å². The van der Waals surface area contributed by atoms with Crippen LogP contribution in [0.2, 0.25) is 0 Å². The van der Waals surface area contributed by atoms with Crippen molar-refractivity contribution in [1.82, 2.24) is 4.98 Å². The van der Waals surface area contributed by atoms with E-state index in [0.29, 0.717) is 0 Å². The second-order valence-corrected chi connectivity index (χ2v) is 4.05. The highest BCUT2D eigenvalue weighted by Crippen LogP contribution is 2.38. The number of pyridine rings is 1. The third-order valence-corrected chi connectivity index (χ3v) is 3.23. The number of rotatable bonds is 1. The fourth-order valence-electron chi connectivity index (χ4n) is 2.19. The van der Waals surface area contributed by atoms with Crippen LogP contribution in [-0.4, -0.2) is 4.98 Å². The Morgan fingerprint density at radius 1 is 1.07 bits per heavy atom. The van der Waals surface area contributed by atoms with Crippen molar-refractivity contribution in [2.24, 2.45) is 0 Å². The Hall–Kier alpha value is -1.37. The Kier molecular flexibility index (Phi) is 1.76. The van der Waals surface area contributed by atoms with Gasteiger partial charge in [-0.2, -0.15) is 0 Å². The van der Waals surface area contributed by atoms with Gasteiger partial charge in [0.15, 0.2) is 0 Å². The SMILES string of the molecule is c1ccc2c(C3CCC3)ccnc2c1. The molecule has 1 aliphatic carbocycles. The Balaban J connectivity index is 2.22. The molecule has 2 aromatic rings. The number of hydrogen-bond donors (Lipinski definition) is 0. The first kappa shape index (κ1) is 7.98. The molecule has 0 spiro atoms. The Morgan fingerprint density at radius 2 is 1.93 bits per heavy atom. The van der Waals surface area contributed by atoms with E-state index in [1.807, 2.05) is 6.20 Å². The zero-order valence-corrected chi connectivity index (χ0v) is 8.11. The molecule has 0 amide bonds. The summed E-state index contributed by atoms with van der Waals surface area (Å²) in [5, 5.41) is 1.35. The van der Waals surface area contributed by atoms with Crippen molar-refractivity contribution >= 4 is 10.9 Å². The van der Waals surface area contributed by atoms with E-state index < -0.39 is 0 Å². The number of hydrogen-bond acceptors (Lipinski definition) is 1. The molecule has 70 valence electrons. The van der Waals surface area contributed by atoms with Gasteiger partial charge < -0.3 is 0 Å². The van der Waals surface area contributed by atoms with Gasteiger partial charge in [0, 0.05) is 11.6 Å². The molecule has 0 N–H and O–H groups in total. The molecule has 0 aliphatic heterocycles. The van der Waals surface area contributed by atoms with Crippen molar-refractivity contribution in [2.45, 2.75) is 25.2 Å². The Morgan fingerprint density at radius 3 is 2.71 bits per heavy atom. The van der Waals surface area contributed by atoms with Gasteiger partial charge in [-0.1, -0.05) is 24.6 Å². The Bertz CT molecular complexity index is 452. The minimum atomic E-state index is 0.794. The maximum atomic E-state index is 4.38. The third kappa shape index (κ3) is 1.12. The minimum Gasteiger partial charge on any atom is -0.256 e. The predicted octanol–water partition coefficient (Wildman–Crippen LogP) is 3.50. The van der Waals surface area contributed by atoms with Gasteiger partial charge in [0.25, 0.3) is 0 Å². The molecule has 1 aliphatic rings. The predicted molar refractivity (Wildman–Crippen MR) is 58.3 cm³/mol. The molecule has 0 bridgehead atoms. The molecule has 0 unspecified atom stereocenters. The molecule has 0 radical (unpaired) electrons. The number of benzene rings is 1. The smallest absolute Gasteiger partial charge is 0.0704 e. The first-order chi connectivity index (χ1) is 6.95. The van der Waals surface area contributed by atoms with E-state index in [1.165, 1.54) is 30.2 Å². The van der Waals surface area contributed by atoms with Gasteiger partial charge in [-0.25, -0.2) is 0 Å². The van der Waals surface area contributed by atoms with Crippen molar-refractivity contribution in [3.05, 3.63) is 42.1 Å². The summed E-state index contributed by atoms with van der Waals surface area (Å²) in [5.74, 6) is 0.794. The zero-order valence-electron chi connectivity index (χ0n) is 8.11. The van der Waals surface area contributed by atoms with E-state index >= 15 is 0 Å². The van der Waals surface area contributed by atoms with Crippen LogP contribution in [0, 0.1) is 0 Å². The standard InChI is InChI=1S/C13H13N/c1-2-7-13-12(6-1)11(8-9-14-13)10-4-3-5-10/h1-2,6-10H,3-5H2. The molecular formula is C13H13N. The summed E-state index contributed by atoms with van der Waals surface area (Å²) in [6.45, 7) is 0. The van der Waals surface area contributed by atoms with Gasteiger partial charge in [-0.3, -0.25) is 4.98 Å². The molecular weight excluding hydrogens is 170 g/mol. The van der Waals surface area contributed by atoms with Gasteiger partial charge in [0.05, 0.1) is 5.52 Å². The normalized spacial score (nSPS) is 16.9. The molecule has 0 atom stereocenters. The molecule has 14 heavy (non-hydrogen) atoms. The lowest BCUT2D eigenvalue weighted by molar-refractivity contribution is 0.422. The van der Waals surface area contributed by atoms with Gasteiger partial charge in [-0.15, -0.1) is 0 Å². The van der Waals surface area contributed by atoms with Crippen LogP contribution < -0.4 is 0 Å². The summed E-state index contributed by atoms with van der Waals surface area (Å²) >= 11 is 0. The van der Waals surface area contributed by atoms with Crippen molar-refractivity contribution in [3.8, 4) is 0 Å². The molecule has 1 nitrogen and oxygen atoms in total. The fraction of sp³-hybridized carbons (Fsp3) is 0.308. The molecule has 1 aromatic carbocycles. The molecule has 1 fully saturated rings. The van der Waals surface area contributed by atoms with Crippen molar-refractivity contribution < 1.29 is 0 Å². The quantitative estimate of drug-likeness (QED) is 0.659. The molecule has 0 saturated heterocycles. The van der Waals surface area contributed by atoms with Crippen molar-refractivity contribution in [1.29, 1.82) is 0 Å². The van der Waals surface area contributed by atoms with Crippen LogP contribution in [0.1, 0.15) is 30.7 Å². The highest BCUT2D eigenvalue weighted by molar-refractivity contribution is 5.82. The lowest BCUT2D eigenvalue weighted by Gasteiger charge is -2.26. The fourth-order valence-corrected chi connectivity index (χ4v) is 2.19. The van der Waals surface area contributed by atoms with Gasteiger partial charge in [0.2, 0.25) is 0 Å². The van der Waals surface area contributed by atoms with Crippen LogP contribution in [0.3, 0.4) is 0 Å². The highest BCUT2D eigenvalue weighted by atomic mass is 14.6. The highest BCUT2D eigenvalue weighted by Gasteiger charge is 2.20. The number of para-hydroxylation sites is 1. The van der Waals surface area contributed by atoms with Crippen LogP contribution in [0.5, 0.6) is 0 Å². The summed E-state index contributed by atoms with van der Waals surface area (Å²) in [5.41, 5.74) is 2.64. The maximum Gasteiger partial charge on any atom is 0.0704 e. The number of fused-ring (bicyclic) bond motifs is 1. The van der Waals surface area contributed by atoms with Gasteiger partial charge in [0.1, 0.15) is 0 Å². The minimum absolute atomic E-state index is 0.794. The maximum absolute atomic E-state index is 4.38. The zero-order chi connectivity index (χ0) is 9.38. The molecule has 1 heteroatoms. The van der Waals surface area contributed by atoms with Crippen LogP contribution in [0.4, 0.5) is 0 Å². The molecule has 1 saturated carbocycles. The summed E-state index contributed by atoms with van der Waals surface area (Å²) in [6.07, 6.45) is 6.04. The van der Waals surface area contributed by atoms with Crippen LogP contribution >= 0.6 is 0 Å². The largest absolute Gasteiger partial charge is 0.256 e. The van der Waals surface area contributed by atoms with Crippen LogP contribution in [0.15, 0.2) is 36.5 Å². The molecule has 1 heterocycles. The van der Waals surface area contributed by atoms with E-state index in [9.17, 15) is 0 Å². The second-order valence-electron chi connectivity index (χ2n) is 4.05. The summed E-state index contributed by atoms with van der Waals surface area (Å²) in [7, 11) is 0. The Labute approximate surface area is 83.8 Å². The lowest BCUT2D eigenvalue weighted by Crippen LogP contribution is -2.09. The van der Waals surface area contributed by atoms with E-state index in [4.69, 9.17) is 0 Å². The first-order valence-corrected chi connectivity index (χ1v) is 5.29. The van der Waals surface area contributed by atoms with Gasteiger partial charge >= 0.3 is 0 Å². The second kappa shape index (κ2) is 3.09. The summed E-state index contributed by atoms with van der Waals surface area (Å²) in [4.78, 5) is 4.38. The average Bonchev–Trinajstić information content (AvgIpc) is 2.16. The van der Waals surface area contributed by atoms with E-state index in [2.05, 4.69) is 35.3 Å². The number of aromatic nitrogens is 1.